The molecule has 0 saturated carbocycles. The zero-order valence-corrected chi connectivity index (χ0v) is 14.5. The maximum Gasteiger partial charge on any atom is 0.243 e. The van der Waals surface area contributed by atoms with Crippen LogP contribution in [0, 0.1) is 0 Å². The lowest BCUT2D eigenvalue weighted by molar-refractivity contribution is 0.163. The number of nitrogens with zero attached hydrogens (tertiary/aromatic N) is 6. The molecule has 1 aliphatic heterocycles. The summed E-state index contributed by atoms with van der Waals surface area (Å²) in [7, 11) is 0. The first-order chi connectivity index (χ1) is 11.7. The molecule has 24 heavy (non-hydrogen) atoms. The monoisotopic (exact) mass is 332 g/mol. The van der Waals surface area contributed by atoms with E-state index >= 15 is 0 Å². The molecular weight excluding hydrogens is 308 g/mol. The van der Waals surface area contributed by atoms with Crippen molar-refractivity contribution in [2.45, 2.75) is 33.2 Å². The number of hydrogen-bond acceptors (Lipinski definition) is 8. The number of aryl methyl sites for hydroxylation is 1. The lowest BCUT2D eigenvalue weighted by Gasteiger charge is -2.36. The van der Waals surface area contributed by atoms with Gasteiger partial charge in [0, 0.05) is 44.9 Å². The Balaban J connectivity index is 1.60. The molecule has 2 aromatic rings. The molecule has 1 aliphatic rings. The maximum atomic E-state index is 5.45. The number of anilines is 1. The van der Waals surface area contributed by atoms with Crippen LogP contribution in [-0.4, -0.2) is 57.8 Å². The van der Waals surface area contributed by atoms with Crippen molar-refractivity contribution in [2.24, 2.45) is 0 Å². The molecule has 0 bridgehead atoms. The molecule has 3 heterocycles. The third-order valence-corrected chi connectivity index (χ3v) is 4.21. The van der Waals surface area contributed by atoms with Crippen molar-refractivity contribution < 1.29 is 9.26 Å². The summed E-state index contributed by atoms with van der Waals surface area (Å²) in [6.45, 7) is 10.2. The van der Waals surface area contributed by atoms with E-state index in [9.17, 15) is 0 Å². The second-order valence-electron chi connectivity index (χ2n) is 5.73. The van der Waals surface area contributed by atoms with Crippen LogP contribution in [0.1, 0.15) is 38.5 Å². The molecular formula is C16H24N6O2. The van der Waals surface area contributed by atoms with Crippen LogP contribution >= 0.6 is 0 Å². The molecule has 1 unspecified atom stereocenters. The van der Waals surface area contributed by atoms with Gasteiger partial charge in [0.2, 0.25) is 17.7 Å². The Labute approximate surface area is 141 Å². The molecule has 0 aliphatic carbocycles. The third kappa shape index (κ3) is 3.64. The molecule has 1 fully saturated rings. The van der Waals surface area contributed by atoms with Crippen LogP contribution in [0.2, 0.25) is 0 Å². The van der Waals surface area contributed by atoms with Gasteiger partial charge in [-0.15, -0.1) is 0 Å². The summed E-state index contributed by atoms with van der Waals surface area (Å²) in [5.41, 5.74) is 0. The minimum absolute atomic E-state index is 0.121. The van der Waals surface area contributed by atoms with Crippen LogP contribution in [0.25, 0.3) is 0 Å². The van der Waals surface area contributed by atoms with E-state index < -0.39 is 0 Å². The summed E-state index contributed by atoms with van der Waals surface area (Å²) < 4.78 is 10.8. The first-order valence-electron chi connectivity index (χ1n) is 8.48. The van der Waals surface area contributed by atoms with Crippen LogP contribution in [0.4, 0.5) is 5.95 Å². The van der Waals surface area contributed by atoms with E-state index in [2.05, 4.69) is 36.8 Å². The van der Waals surface area contributed by atoms with Gasteiger partial charge < -0.3 is 14.2 Å². The maximum absolute atomic E-state index is 5.45. The average Bonchev–Trinajstić information content (AvgIpc) is 3.11. The summed E-state index contributed by atoms with van der Waals surface area (Å²) >= 11 is 0. The van der Waals surface area contributed by atoms with Gasteiger partial charge in [0.25, 0.3) is 0 Å². The fourth-order valence-corrected chi connectivity index (χ4v) is 2.76. The normalized spacial score (nSPS) is 17.0. The SMILES string of the molecule is CCOc1ccnc(N2CCN(C(C)c3nc(CC)no3)CC2)n1. The Morgan fingerprint density at radius 3 is 2.67 bits per heavy atom. The third-order valence-electron chi connectivity index (χ3n) is 4.21. The molecule has 0 N–H and O–H groups in total. The van der Waals surface area contributed by atoms with Crippen molar-refractivity contribution >= 4 is 5.95 Å². The quantitative estimate of drug-likeness (QED) is 0.791. The number of piperazine rings is 1. The van der Waals surface area contributed by atoms with Crippen LogP contribution in [0.5, 0.6) is 5.88 Å². The van der Waals surface area contributed by atoms with Gasteiger partial charge in [0.05, 0.1) is 12.6 Å². The van der Waals surface area contributed by atoms with Gasteiger partial charge >= 0.3 is 0 Å². The first kappa shape index (κ1) is 16.6. The lowest BCUT2D eigenvalue weighted by atomic mass is 10.2. The second-order valence-corrected chi connectivity index (χ2v) is 5.73. The highest BCUT2D eigenvalue weighted by atomic mass is 16.5. The largest absolute Gasteiger partial charge is 0.478 e. The highest BCUT2D eigenvalue weighted by Gasteiger charge is 2.26. The van der Waals surface area contributed by atoms with Gasteiger partial charge in [0.1, 0.15) is 0 Å². The van der Waals surface area contributed by atoms with Crippen molar-refractivity contribution in [3.05, 3.63) is 24.0 Å². The Morgan fingerprint density at radius 2 is 2.00 bits per heavy atom. The molecule has 1 atom stereocenters. The van der Waals surface area contributed by atoms with E-state index in [-0.39, 0.29) is 6.04 Å². The molecule has 8 heteroatoms. The van der Waals surface area contributed by atoms with Crippen molar-refractivity contribution in [3.63, 3.8) is 0 Å². The highest BCUT2D eigenvalue weighted by Crippen LogP contribution is 2.22. The van der Waals surface area contributed by atoms with E-state index in [4.69, 9.17) is 9.26 Å². The molecule has 0 radical (unpaired) electrons. The number of rotatable bonds is 6. The molecule has 0 spiro atoms. The standard InChI is InChI=1S/C16H24N6O2/c1-4-13-18-15(24-20-13)12(3)21-8-10-22(11-9-21)16-17-7-6-14(19-16)23-5-2/h6-7,12H,4-5,8-11H2,1-3H3. The van der Waals surface area contributed by atoms with Gasteiger partial charge in [-0.1, -0.05) is 12.1 Å². The molecule has 0 aromatic carbocycles. The van der Waals surface area contributed by atoms with E-state index in [1.807, 2.05) is 13.8 Å². The Morgan fingerprint density at radius 1 is 1.21 bits per heavy atom. The smallest absolute Gasteiger partial charge is 0.243 e. The molecule has 3 rings (SSSR count). The fraction of sp³-hybridized carbons (Fsp3) is 0.625. The Hall–Kier alpha value is -2.22. The fourth-order valence-electron chi connectivity index (χ4n) is 2.76. The Kier molecular flexibility index (Phi) is 5.24. The summed E-state index contributed by atoms with van der Waals surface area (Å²) in [6.07, 6.45) is 2.53. The molecule has 0 amide bonds. The van der Waals surface area contributed by atoms with Gasteiger partial charge in [-0.05, 0) is 13.8 Å². The van der Waals surface area contributed by atoms with Crippen LogP contribution < -0.4 is 9.64 Å². The second kappa shape index (κ2) is 7.57. The van der Waals surface area contributed by atoms with Gasteiger partial charge in [-0.25, -0.2) is 4.98 Å². The highest BCUT2D eigenvalue weighted by molar-refractivity contribution is 5.32. The van der Waals surface area contributed by atoms with E-state index in [0.29, 0.717) is 18.4 Å². The average molecular weight is 332 g/mol. The van der Waals surface area contributed by atoms with Crippen molar-refractivity contribution in [1.82, 2.24) is 25.0 Å². The van der Waals surface area contributed by atoms with Gasteiger partial charge in [-0.3, -0.25) is 4.90 Å². The topological polar surface area (TPSA) is 80.4 Å². The Bertz CT molecular complexity index is 654. The summed E-state index contributed by atoms with van der Waals surface area (Å²) in [4.78, 5) is 17.8. The van der Waals surface area contributed by atoms with E-state index in [1.165, 1.54) is 0 Å². The van der Waals surface area contributed by atoms with Crippen LogP contribution in [-0.2, 0) is 6.42 Å². The van der Waals surface area contributed by atoms with E-state index in [0.717, 1.165) is 44.4 Å². The zero-order chi connectivity index (χ0) is 16.9. The lowest BCUT2D eigenvalue weighted by Crippen LogP contribution is -2.47. The minimum Gasteiger partial charge on any atom is -0.478 e. The minimum atomic E-state index is 0.121. The number of ether oxygens (including phenoxy) is 1. The van der Waals surface area contributed by atoms with E-state index in [1.54, 1.807) is 12.3 Å². The van der Waals surface area contributed by atoms with Crippen molar-refractivity contribution in [3.8, 4) is 5.88 Å². The summed E-state index contributed by atoms with van der Waals surface area (Å²) in [6, 6.07) is 1.90. The first-order valence-corrected chi connectivity index (χ1v) is 8.48. The molecule has 1 saturated heterocycles. The van der Waals surface area contributed by atoms with Gasteiger partial charge in [-0.2, -0.15) is 9.97 Å². The molecule has 8 nitrogen and oxygen atoms in total. The predicted octanol–water partition coefficient (Wildman–Crippen LogP) is 1.70. The van der Waals surface area contributed by atoms with Crippen LogP contribution in [0.3, 0.4) is 0 Å². The van der Waals surface area contributed by atoms with Crippen LogP contribution in [0.15, 0.2) is 16.8 Å². The van der Waals surface area contributed by atoms with Crippen molar-refractivity contribution in [2.75, 3.05) is 37.7 Å². The molecule has 2 aromatic heterocycles. The zero-order valence-electron chi connectivity index (χ0n) is 14.5. The predicted molar refractivity (Wildman–Crippen MR) is 89.1 cm³/mol. The van der Waals surface area contributed by atoms with Crippen molar-refractivity contribution in [1.29, 1.82) is 0 Å². The van der Waals surface area contributed by atoms with Gasteiger partial charge in [0.15, 0.2) is 5.82 Å². The number of hydrogen-bond donors (Lipinski definition) is 0. The molecule has 130 valence electrons. The number of aromatic nitrogens is 4. The summed E-state index contributed by atoms with van der Waals surface area (Å²) in [5, 5.41) is 3.98. The summed E-state index contributed by atoms with van der Waals surface area (Å²) in [5.74, 6) is 2.79.